The Labute approximate surface area is 188 Å². The number of hydrogen-bond acceptors (Lipinski definition) is 5. The fraction of sp³-hybridized carbons (Fsp3) is 0.0909. The van der Waals surface area contributed by atoms with Gasteiger partial charge in [0.2, 0.25) is 0 Å². The van der Waals surface area contributed by atoms with Gasteiger partial charge < -0.3 is 10.0 Å². The van der Waals surface area contributed by atoms with E-state index in [1.807, 2.05) is 53.4 Å². The van der Waals surface area contributed by atoms with Gasteiger partial charge in [-0.3, -0.25) is 4.79 Å². The maximum Gasteiger partial charge on any atom is 0.260 e. The summed E-state index contributed by atoms with van der Waals surface area (Å²) in [6.45, 7) is 1.84. The quantitative estimate of drug-likeness (QED) is 0.381. The van der Waals surface area contributed by atoms with Crippen LogP contribution >= 0.6 is 35.0 Å². The third-order valence-corrected chi connectivity index (χ3v) is 6.32. The number of para-hydroxylation sites is 2. The number of amides is 1. The summed E-state index contributed by atoms with van der Waals surface area (Å²) in [7, 11) is 0. The van der Waals surface area contributed by atoms with Gasteiger partial charge in [-0.05, 0) is 43.3 Å². The number of carbonyl (C=O) groups excluding carboxylic acids is 1. The predicted octanol–water partition coefficient (Wildman–Crippen LogP) is 5.84. The molecule has 1 aliphatic heterocycles. The zero-order valence-electron chi connectivity index (χ0n) is 15.9. The third kappa shape index (κ3) is 4.12. The van der Waals surface area contributed by atoms with Gasteiger partial charge in [0.15, 0.2) is 5.75 Å². The number of rotatable bonds is 4. The Balaban J connectivity index is 1.54. The molecule has 8 heteroatoms. The smallest absolute Gasteiger partial charge is 0.260 e. The van der Waals surface area contributed by atoms with Crippen molar-refractivity contribution >= 4 is 58.0 Å². The number of halogens is 2. The number of aromatic hydroxyl groups is 1. The van der Waals surface area contributed by atoms with Gasteiger partial charge >= 0.3 is 0 Å². The van der Waals surface area contributed by atoms with Crippen LogP contribution in [0.4, 0.5) is 11.4 Å². The standard InChI is InChI=1S/C22H17Cl2N3O2S/c1-13(14-10-15(23)22(29)16(24)11-14)25-26-21(28)12-27-17-6-2-4-8-19(17)30-20-9-5-3-7-18(20)27/h2-11,29H,12H2,1H3,(H,26,28). The fourth-order valence-corrected chi connectivity index (χ4v) is 4.70. The van der Waals surface area contributed by atoms with Gasteiger partial charge in [-0.15, -0.1) is 0 Å². The van der Waals surface area contributed by atoms with E-state index in [4.69, 9.17) is 23.2 Å². The van der Waals surface area contributed by atoms with Crippen LogP contribution in [0.5, 0.6) is 5.75 Å². The molecular weight excluding hydrogens is 441 g/mol. The van der Waals surface area contributed by atoms with E-state index in [1.54, 1.807) is 30.8 Å². The molecule has 0 saturated carbocycles. The molecule has 4 rings (SSSR count). The Morgan fingerprint density at radius 1 is 1.03 bits per heavy atom. The van der Waals surface area contributed by atoms with E-state index < -0.39 is 0 Å². The molecule has 1 amide bonds. The van der Waals surface area contributed by atoms with Crippen LogP contribution in [-0.4, -0.2) is 23.3 Å². The molecule has 0 radical (unpaired) electrons. The van der Waals surface area contributed by atoms with Gasteiger partial charge in [0, 0.05) is 15.4 Å². The molecule has 0 bridgehead atoms. The first-order valence-electron chi connectivity index (χ1n) is 9.09. The van der Waals surface area contributed by atoms with E-state index >= 15 is 0 Å². The molecule has 0 atom stereocenters. The Morgan fingerprint density at radius 2 is 1.57 bits per heavy atom. The van der Waals surface area contributed by atoms with Gasteiger partial charge in [0.1, 0.15) is 6.54 Å². The Kier molecular flexibility index (Phi) is 5.90. The van der Waals surface area contributed by atoms with E-state index in [1.165, 1.54) is 0 Å². The highest BCUT2D eigenvalue weighted by Gasteiger charge is 2.24. The molecule has 0 unspecified atom stereocenters. The van der Waals surface area contributed by atoms with Crippen molar-refractivity contribution in [2.45, 2.75) is 16.7 Å². The largest absolute Gasteiger partial charge is 0.505 e. The second-order valence-corrected chi connectivity index (χ2v) is 8.54. The monoisotopic (exact) mass is 457 g/mol. The first kappa shape index (κ1) is 20.6. The number of phenols is 1. The zero-order chi connectivity index (χ0) is 21.3. The summed E-state index contributed by atoms with van der Waals surface area (Å²) in [6, 6.07) is 19.1. The molecule has 0 aliphatic carbocycles. The summed E-state index contributed by atoms with van der Waals surface area (Å²) >= 11 is 13.6. The molecule has 1 heterocycles. The Hall–Kier alpha value is -2.67. The number of hydrogen-bond donors (Lipinski definition) is 2. The van der Waals surface area contributed by atoms with Crippen molar-refractivity contribution in [2.75, 3.05) is 11.4 Å². The summed E-state index contributed by atoms with van der Waals surface area (Å²) in [4.78, 5) is 16.9. The van der Waals surface area contributed by atoms with Crippen molar-refractivity contribution in [3.05, 3.63) is 76.3 Å². The van der Waals surface area contributed by atoms with E-state index in [0.29, 0.717) is 11.3 Å². The number of hydrazone groups is 1. The zero-order valence-corrected chi connectivity index (χ0v) is 18.2. The molecule has 30 heavy (non-hydrogen) atoms. The van der Waals surface area contributed by atoms with Crippen LogP contribution in [0.3, 0.4) is 0 Å². The van der Waals surface area contributed by atoms with Crippen molar-refractivity contribution in [2.24, 2.45) is 5.10 Å². The lowest BCUT2D eigenvalue weighted by molar-refractivity contribution is -0.119. The van der Waals surface area contributed by atoms with Crippen molar-refractivity contribution in [1.29, 1.82) is 0 Å². The summed E-state index contributed by atoms with van der Waals surface area (Å²) in [5, 5.41) is 14.1. The molecule has 0 spiro atoms. The molecule has 0 fully saturated rings. The highest BCUT2D eigenvalue weighted by molar-refractivity contribution is 7.99. The molecule has 3 aromatic rings. The van der Waals surface area contributed by atoms with Crippen LogP contribution < -0.4 is 10.3 Å². The summed E-state index contributed by atoms with van der Waals surface area (Å²) in [5.41, 5.74) is 5.68. The number of phenolic OH excluding ortho intramolecular Hbond substituents is 1. The van der Waals surface area contributed by atoms with Crippen LogP contribution in [0, 0.1) is 0 Å². The molecule has 152 valence electrons. The molecule has 1 aliphatic rings. The number of nitrogens with one attached hydrogen (secondary N) is 1. The fourth-order valence-electron chi connectivity index (χ4n) is 3.12. The second kappa shape index (κ2) is 8.60. The van der Waals surface area contributed by atoms with Crippen molar-refractivity contribution in [1.82, 2.24) is 5.43 Å². The Bertz CT molecular complexity index is 1100. The molecule has 3 aromatic carbocycles. The van der Waals surface area contributed by atoms with Crippen molar-refractivity contribution in [3.8, 4) is 5.75 Å². The number of nitrogens with zero attached hydrogens (tertiary/aromatic N) is 2. The van der Waals surface area contributed by atoms with Crippen LogP contribution in [0.25, 0.3) is 0 Å². The van der Waals surface area contributed by atoms with Gasteiger partial charge in [0.25, 0.3) is 5.91 Å². The minimum absolute atomic E-state index is 0.114. The number of fused-ring (bicyclic) bond motifs is 2. The average molecular weight is 458 g/mol. The number of benzene rings is 3. The predicted molar refractivity (Wildman–Crippen MR) is 122 cm³/mol. The molecule has 5 nitrogen and oxygen atoms in total. The first-order chi connectivity index (χ1) is 14.4. The van der Waals surface area contributed by atoms with E-state index in [0.717, 1.165) is 21.2 Å². The van der Waals surface area contributed by atoms with Gasteiger partial charge in [-0.2, -0.15) is 5.10 Å². The van der Waals surface area contributed by atoms with E-state index in [9.17, 15) is 9.90 Å². The van der Waals surface area contributed by atoms with Crippen molar-refractivity contribution < 1.29 is 9.90 Å². The lowest BCUT2D eigenvalue weighted by Crippen LogP contribution is -2.34. The minimum Gasteiger partial charge on any atom is -0.505 e. The average Bonchev–Trinajstić information content (AvgIpc) is 2.75. The highest BCUT2D eigenvalue weighted by atomic mass is 35.5. The maximum absolute atomic E-state index is 12.7. The Morgan fingerprint density at radius 3 is 2.13 bits per heavy atom. The molecule has 0 saturated heterocycles. The first-order valence-corrected chi connectivity index (χ1v) is 10.7. The summed E-state index contributed by atoms with van der Waals surface area (Å²) < 4.78 is 0. The number of anilines is 2. The molecular formula is C22H17Cl2N3O2S. The lowest BCUT2D eigenvalue weighted by atomic mass is 10.1. The molecule has 2 N–H and O–H groups in total. The highest BCUT2D eigenvalue weighted by Crippen LogP contribution is 2.47. The minimum atomic E-state index is -0.262. The SMILES string of the molecule is CC(=NNC(=O)CN1c2ccccc2Sc2ccccc21)c1cc(Cl)c(O)c(Cl)c1. The maximum atomic E-state index is 12.7. The van der Waals surface area contributed by atoms with Crippen LogP contribution in [-0.2, 0) is 4.79 Å². The van der Waals surface area contributed by atoms with Gasteiger partial charge in [0.05, 0.1) is 27.1 Å². The van der Waals surface area contributed by atoms with Gasteiger partial charge in [-0.25, -0.2) is 5.43 Å². The van der Waals surface area contributed by atoms with Crippen LogP contribution in [0.1, 0.15) is 12.5 Å². The summed E-state index contributed by atoms with van der Waals surface area (Å²) in [5.74, 6) is -0.443. The molecule has 0 aromatic heterocycles. The van der Waals surface area contributed by atoms with Crippen molar-refractivity contribution in [3.63, 3.8) is 0 Å². The lowest BCUT2D eigenvalue weighted by Gasteiger charge is -2.31. The van der Waals surface area contributed by atoms with E-state index in [-0.39, 0.29) is 28.2 Å². The second-order valence-electron chi connectivity index (χ2n) is 6.64. The topological polar surface area (TPSA) is 64.9 Å². The normalized spacial score (nSPS) is 12.9. The summed E-state index contributed by atoms with van der Waals surface area (Å²) in [6.07, 6.45) is 0. The van der Waals surface area contributed by atoms with Crippen LogP contribution in [0.15, 0.2) is 75.6 Å². The van der Waals surface area contributed by atoms with Gasteiger partial charge in [-0.1, -0.05) is 59.2 Å². The third-order valence-electron chi connectivity index (χ3n) is 4.62. The number of carbonyl (C=O) groups is 1. The van der Waals surface area contributed by atoms with Crippen LogP contribution in [0.2, 0.25) is 10.0 Å². The van der Waals surface area contributed by atoms with E-state index in [2.05, 4.69) is 10.5 Å².